The number of benzene rings is 2. The van der Waals surface area contributed by atoms with E-state index in [4.69, 9.17) is 11.6 Å². The first-order chi connectivity index (χ1) is 12.7. The molecular formula is C19H22ClFN2O3S. The average Bonchev–Trinajstić information content (AvgIpc) is 2.62. The zero-order valence-corrected chi connectivity index (χ0v) is 16.8. The highest BCUT2D eigenvalue weighted by molar-refractivity contribution is 7.89. The van der Waals surface area contributed by atoms with Crippen molar-refractivity contribution in [1.82, 2.24) is 9.21 Å². The van der Waals surface area contributed by atoms with E-state index in [1.807, 2.05) is 19.9 Å². The third-order valence-corrected chi connectivity index (χ3v) is 7.13. The first-order valence-corrected chi connectivity index (χ1v) is 10.5. The minimum absolute atomic E-state index is 0.00541. The number of sulfonamides is 1. The Hall–Kier alpha value is -1.67. The molecule has 27 heavy (non-hydrogen) atoms. The molecule has 0 bridgehead atoms. The second kappa shape index (κ2) is 7.75. The molecule has 0 saturated carbocycles. The highest BCUT2D eigenvalue weighted by Gasteiger charge is 2.29. The Morgan fingerprint density at radius 1 is 1.07 bits per heavy atom. The van der Waals surface area contributed by atoms with Crippen molar-refractivity contribution in [1.29, 1.82) is 0 Å². The molecule has 1 fully saturated rings. The van der Waals surface area contributed by atoms with Crippen LogP contribution in [-0.4, -0.2) is 48.9 Å². The van der Waals surface area contributed by atoms with Gasteiger partial charge in [-0.15, -0.1) is 0 Å². The highest BCUT2D eigenvalue weighted by Crippen LogP contribution is 2.26. The Morgan fingerprint density at radius 3 is 2.33 bits per heavy atom. The van der Waals surface area contributed by atoms with Crippen LogP contribution in [0.1, 0.15) is 16.7 Å². The summed E-state index contributed by atoms with van der Waals surface area (Å²) in [6.45, 7) is 6.23. The average molecular weight is 413 g/mol. The van der Waals surface area contributed by atoms with Crippen molar-refractivity contribution < 1.29 is 17.9 Å². The minimum Gasteiger partial charge on any atom is -0.508 e. The van der Waals surface area contributed by atoms with Gasteiger partial charge in [0.1, 0.15) is 11.6 Å². The fraction of sp³-hybridized carbons (Fsp3) is 0.368. The molecular weight excluding hydrogens is 391 g/mol. The van der Waals surface area contributed by atoms with Crippen LogP contribution in [-0.2, 0) is 16.6 Å². The molecule has 0 spiro atoms. The molecule has 0 radical (unpaired) electrons. The zero-order valence-electron chi connectivity index (χ0n) is 15.2. The lowest BCUT2D eigenvalue weighted by atomic mass is 10.0. The minimum atomic E-state index is -3.71. The quantitative estimate of drug-likeness (QED) is 0.836. The maximum absolute atomic E-state index is 13.3. The van der Waals surface area contributed by atoms with Gasteiger partial charge in [-0.05, 0) is 49.2 Å². The molecule has 1 N–H and O–H groups in total. The highest BCUT2D eigenvalue weighted by atomic mass is 35.5. The van der Waals surface area contributed by atoms with Crippen LogP contribution in [0, 0.1) is 19.7 Å². The molecule has 0 aromatic heterocycles. The lowest BCUT2D eigenvalue weighted by molar-refractivity contribution is 0.180. The SMILES string of the molecule is Cc1cc(O)c(CN2CCN(S(=O)(=O)c3ccc(F)c(Cl)c3)CC2)cc1C. The van der Waals surface area contributed by atoms with Crippen molar-refractivity contribution >= 4 is 21.6 Å². The van der Waals surface area contributed by atoms with Crippen LogP contribution in [0.2, 0.25) is 5.02 Å². The molecule has 1 aliphatic rings. The molecule has 0 atom stereocenters. The van der Waals surface area contributed by atoms with E-state index in [-0.39, 0.29) is 15.7 Å². The van der Waals surface area contributed by atoms with Crippen LogP contribution in [0.3, 0.4) is 0 Å². The summed E-state index contributed by atoms with van der Waals surface area (Å²) in [5.41, 5.74) is 2.97. The normalized spacial score (nSPS) is 16.6. The maximum atomic E-state index is 13.3. The van der Waals surface area contributed by atoms with Crippen LogP contribution < -0.4 is 0 Å². The van der Waals surface area contributed by atoms with Gasteiger partial charge in [-0.25, -0.2) is 12.8 Å². The van der Waals surface area contributed by atoms with E-state index in [2.05, 4.69) is 4.90 Å². The first kappa shape index (κ1) is 20.1. The zero-order chi connectivity index (χ0) is 19.8. The van der Waals surface area contributed by atoms with Crippen molar-refractivity contribution in [3.05, 3.63) is 57.9 Å². The number of hydrogen-bond donors (Lipinski definition) is 1. The second-order valence-corrected chi connectivity index (χ2v) is 9.17. The van der Waals surface area contributed by atoms with Crippen molar-refractivity contribution in [2.24, 2.45) is 0 Å². The van der Waals surface area contributed by atoms with Gasteiger partial charge in [0.25, 0.3) is 0 Å². The van der Waals surface area contributed by atoms with Crippen molar-refractivity contribution in [2.75, 3.05) is 26.2 Å². The smallest absolute Gasteiger partial charge is 0.243 e. The molecule has 146 valence electrons. The topological polar surface area (TPSA) is 60.9 Å². The lowest BCUT2D eigenvalue weighted by Crippen LogP contribution is -2.48. The fourth-order valence-corrected chi connectivity index (χ4v) is 4.84. The van der Waals surface area contributed by atoms with Gasteiger partial charge in [-0.1, -0.05) is 17.7 Å². The number of nitrogens with zero attached hydrogens (tertiary/aromatic N) is 2. The summed E-state index contributed by atoms with van der Waals surface area (Å²) < 4.78 is 40.2. The summed E-state index contributed by atoms with van der Waals surface area (Å²) in [4.78, 5) is 2.10. The molecule has 2 aromatic rings. The summed E-state index contributed by atoms with van der Waals surface area (Å²) in [5, 5.41) is 9.94. The third kappa shape index (κ3) is 4.27. The largest absolute Gasteiger partial charge is 0.508 e. The van der Waals surface area contributed by atoms with Gasteiger partial charge in [-0.2, -0.15) is 4.31 Å². The van der Waals surface area contributed by atoms with E-state index in [9.17, 15) is 17.9 Å². The Labute approximate surface area is 164 Å². The molecule has 1 saturated heterocycles. The Bertz CT molecular complexity index is 958. The van der Waals surface area contributed by atoms with Gasteiger partial charge in [0.2, 0.25) is 10.0 Å². The third-order valence-electron chi connectivity index (χ3n) is 4.95. The van der Waals surface area contributed by atoms with Crippen molar-refractivity contribution in [2.45, 2.75) is 25.3 Å². The second-order valence-electron chi connectivity index (χ2n) is 6.82. The van der Waals surface area contributed by atoms with Gasteiger partial charge in [0.15, 0.2) is 0 Å². The van der Waals surface area contributed by atoms with E-state index in [1.54, 1.807) is 6.07 Å². The number of aromatic hydroxyl groups is 1. The monoisotopic (exact) mass is 412 g/mol. The van der Waals surface area contributed by atoms with Crippen LogP contribution in [0.15, 0.2) is 35.2 Å². The van der Waals surface area contributed by atoms with Gasteiger partial charge in [0.05, 0.1) is 9.92 Å². The molecule has 1 heterocycles. The lowest BCUT2D eigenvalue weighted by Gasteiger charge is -2.34. The molecule has 0 aliphatic carbocycles. The van der Waals surface area contributed by atoms with Gasteiger partial charge >= 0.3 is 0 Å². The van der Waals surface area contributed by atoms with Crippen LogP contribution in [0.5, 0.6) is 5.75 Å². The standard InChI is InChI=1S/C19H22ClFN2O3S/c1-13-9-15(19(24)10-14(13)2)12-22-5-7-23(8-6-22)27(25,26)16-3-4-18(21)17(20)11-16/h3-4,9-11,24H,5-8,12H2,1-2H3. The Morgan fingerprint density at radius 2 is 1.70 bits per heavy atom. The predicted octanol–water partition coefficient (Wildman–Crippen LogP) is 3.31. The number of phenolic OH excluding ortho intramolecular Hbond substituents is 1. The van der Waals surface area contributed by atoms with Crippen molar-refractivity contribution in [3.8, 4) is 5.75 Å². The number of halogens is 2. The summed E-state index contributed by atoms with van der Waals surface area (Å²) in [6.07, 6.45) is 0. The van der Waals surface area contributed by atoms with Gasteiger partial charge in [0, 0.05) is 38.3 Å². The van der Waals surface area contributed by atoms with Gasteiger partial charge in [-0.3, -0.25) is 4.90 Å². The Kier molecular flexibility index (Phi) is 5.76. The summed E-state index contributed by atoms with van der Waals surface area (Å²) in [7, 11) is -3.71. The number of rotatable bonds is 4. The van der Waals surface area contributed by atoms with E-state index in [0.717, 1.165) is 28.8 Å². The predicted molar refractivity (Wildman–Crippen MR) is 103 cm³/mol. The molecule has 8 heteroatoms. The Balaban J connectivity index is 1.68. The fourth-order valence-electron chi connectivity index (χ4n) is 3.14. The maximum Gasteiger partial charge on any atom is 0.243 e. The molecule has 3 rings (SSSR count). The number of hydrogen-bond acceptors (Lipinski definition) is 4. The molecule has 2 aromatic carbocycles. The van der Waals surface area contributed by atoms with E-state index < -0.39 is 15.8 Å². The molecule has 5 nitrogen and oxygen atoms in total. The van der Waals surface area contributed by atoms with Gasteiger partial charge < -0.3 is 5.11 Å². The van der Waals surface area contributed by atoms with E-state index >= 15 is 0 Å². The number of piperazine rings is 1. The van der Waals surface area contributed by atoms with Crippen LogP contribution in [0.4, 0.5) is 4.39 Å². The first-order valence-electron chi connectivity index (χ1n) is 8.65. The number of aryl methyl sites for hydroxylation is 2. The number of phenols is 1. The summed E-state index contributed by atoms with van der Waals surface area (Å²) >= 11 is 5.72. The van der Waals surface area contributed by atoms with E-state index in [1.165, 1.54) is 10.4 Å². The van der Waals surface area contributed by atoms with E-state index in [0.29, 0.717) is 32.7 Å². The molecule has 0 amide bonds. The summed E-state index contributed by atoms with van der Waals surface area (Å²) in [6, 6.07) is 7.16. The molecule has 1 aliphatic heterocycles. The summed E-state index contributed by atoms with van der Waals surface area (Å²) in [5.74, 6) is -0.386. The molecule has 0 unspecified atom stereocenters. The van der Waals surface area contributed by atoms with Crippen LogP contribution >= 0.6 is 11.6 Å². The van der Waals surface area contributed by atoms with Crippen LogP contribution in [0.25, 0.3) is 0 Å². The van der Waals surface area contributed by atoms with Crippen molar-refractivity contribution in [3.63, 3.8) is 0 Å².